The maximum atomic E-state index is 12.1. The molecule has 5 nitrogen and oxygen atoms in total. The molecule has 20 heavy (non-hydrogen) atoms. The average Bonchev–Trinajstić information content (AvgIpc) is 2.87. The maximum Gasteiger partial charge on any atom is 0.250 e. The molecule has 0 aliphatic rings. The van der Waals surface area contributed by atoms with Crippen LogP contribution in [0.1, 0.15) is 25.8 Å². The first-order valence-corrected chi connectivity index (χ1v) is 9.12. The van der Waals surface area contributed by atoms with Crippen LogP contribution in [0.15, 0.2) is 15.7 Å². The highest BCUT2D eigenvalue weighted by Crippen LogP contribution is 2.20. The second-order valence-electron chi connectivity index (χ2n) is 4.86. The smallest absolute Gasteiger partial charge is 0.250 e. The topological polar surface area (TPSA) is 67.4 Å². The van der Waals surface area contributed by atoms with Gasteiger partial charge in [-0.25, -0.2) is 13.1 Å². The Labute approximate surface area is 125 Å². The predicted octanol–water partition coefficient (Wildman–Crippen LogP) is 1.81. The molecular weight excluding hydrogens is 296 g/mol. The number of nitrogens with one attached hydrogen (secondary N) is 2. The van der Waals surface area contributed by atoms with Gasteiger partial charge in [0, 0.05) is 26.8 Å². The van der Waals surface area contributed by atoms with Gasteiger partial charge in [-0.3, -0.25) is 0 Å². The van der Waals surface area contributed by atoms with Gasteiger partial charge in [0.15, 0.2) is 0 Å². The first-order valence-electron chi connectivity index (χ1n) is 6.76. The molecule has 0 aliphatic carbocycles. The Morgan fingerprint density at radius 3 is 2.85 bits per heavy atom. The molecule has 1 aromatic heterocycles. The molecule has 1 heterocycles. The summed E-state index contributed by atoms with van der Waals surface area (Å²) in [6.45, 7) is 6.61. The Hall–Kier alpha value is -0.470. The molecule has 0 aromatic carbocycles. The van der Waals surface area contributed by atoms with Crippen molar-refractivity contribution in [2.24, 2.45) is 5.92 Å². The van der Waals surface area contributed by atoms with Crippen molar-refractivity contribution < 1.29 is 13.2 Å². The molecule has 0 spiro atoms. The van der Waals surface area contributed by atoms with E-state index >= 15 is 0 Å². The lowest BCUT2D eigenvalue weighted by Gasteiger charge is -2.10. The summed E-state index contributed by atoms with van der Waals surface area (Å²) in [5, 5.41) is 5.14. The number of rotatable bonds is 10. The highest BCUT2D eigenvalue weighted by molar-refractivity contribution is 7.91. The zero-order chi connectivity index (χ0) is 15.0. The van der Waals surface area contributed by atoms with Crippen molar-refractivity contribution in [2.45, 2.75) is 31.0 Å². The monoisotopic (exact) mass is 320 g/mol. The summed E-state index contributed by atoms with van der Waals surface area (Å²) < 4.78 is 32.2. The van der Waals surface area contributed by atoms with Crippen molar-refractivity contribution in [2.75, 3.05) is 26.8 Å². The number of thiophene rings is 1. The fraction of sp³-hybridized carbons (Fsp3) is 0.692. The highest BCUT2D eigenvalue weighted by atomic mass is 32.2. The third-order valence-corrected chi connectivity index (χ3v) is 5.64. The Bertz CT molecular complexity index is 486. The summed E-state index contributed by atoms with van der Waals surface area (Å²) in [6.07, 6.45) is 1.06. The molecule has 1 atom stereocenters. The lowest BCUT2D eigenvalue weighted by Crippen LogP contribution is -2.29. The summed E-state index contributed by atoms with van der Waals surface area (Å²) >= 11 is 1.26. The molecule has 116 valence electrons. The first-order chi connectivity index (χ1) is 9.49. The molecule has 1 aromatic rings. The van der Waals surface area contributed by atoms with Gasteiger partial charge in [0.2, 0.25) is 10.0 Å². The third kappa shape index (κ3) is 5.88. The molecule has 1 rings (SSSR count). The highest BCUT2D eigenvalue weighted by Gasteiger charge is 2.17. The van der Waals surface area contributed by atoms with Crippen LogP contribution in [0.3, 0.4) is 0 Å². The van der Waals surface area contributed by atoms with Crippen molar-refractivity contribution in [3.05, 3.63) is 17.0 Å². The van der Waals surface area contributed by atoms with Gasteiger partial charge in [-0.1, -0.05) is 13.8 Å². The van der Waals surface area contributed by atoms with Crippen LogP contribution in [0.2, 0.25) is 0 Å². The molecule has 7 heteroatoms. The average molecular weight is 320 g/mol. The Balaban J connectivity index is 2.54. The van der Waals surface area contributed by atoms with Gasteiger partial charge in [0.05, 0.1) is 0 Å². The van der Waals surface area contributed by atoms with E-state index < -0.39 is 10.0 Å². The van der Waals surface area contributed by atoms with E-state index in [4.69, 9.17) is 4.74 Å². The number of hydrogen-bond donors (Lipinski definition) is 2. The van der Waals surface area contributed by atoms with Crippen LogP contribution in [-0.4, -0.2) is 35.2 Å². The van der Waals surface area contributed by atoms with Gasteiger partial charge >= 0.3 is 0 Å². The second kappa shape index (κ2) is 8.74. The zero-order valence-electron chi connectivity index (χ0n) is 12.3. The molecule has 2 N–H and O–H groups in total. The minimum Gasteiger partial charge on any atom is -0.384 e. The quantitative estimate of drug-likeness (QED) is 0.645. The van der Waals surface area contributed by atoms with Gasteiger partial charge in [0.1, 0.15) is 4.21 Å². The van der Waals surface area contributed by atoms with Crippen LogP contribution in [0.25, 0.3) is 0 Å². The number of methoxy groups -OCH3 is 1. The van der Waals surface area contributed by atoms with E-state index in [2.05, 4.69) is 17.0 Å². The van der Waals surface area contributed by atoms with Crippen molar-refractivity contribution in [1.82, 2.24) is 10.0 Å². The lowest BCUT2D eigenvalue weighted by atomic mass is 10.2. The minimum atomic E-state index is -3.40. The zero-order valence-corrected chi connectivity index (χ0v) is 13.9. The molecule has 1 unspecified atom stereocenters. The largest absolute Gasteiger partial charge is 0.384 e. The molecular formula is C13H24N2O3S2. The van der Waals surface area contributed by atoms with Gasteiger partial charge in [-0.15, -0.1) is 11.3 Å². The molecule has 0 radical (unpaired) electrons. The van der Waals surface area contributed by atoms with Crippen LogP contribution >= 0.6 is 11.3 Å². The van der Waals surface area contributed by atoms with Crippen LogP contribution in [0.4, 0.5) is 0 Å². The number of hydrogen-bond acceptors (Lipinski definition) is 5. The Kier molecular flexibility index (Phi) is 7.68. The molecule has 0 amide bonds. The molecule has 0 saturated heterocycles. The summed E-state index contributed by atoms with van der Waals surface area (Å²) in [4.78, 5) is 0. The fourth-order valence-corrected chi connectivity index (χ4v) is 4.08. The van der Waals surface area contributed by atoms with Crippen LogP contribution in [0, 0.1) is 5.92 Å². The summed E-state index contributed by atoms with van der Waals surface area (Å²) in [7, 11) is -1.79. The van der Waals surface area contributed by atoms with Crippen molar-refractivity contribution in [3.8, 4) is 0 Å². The van der Waals surface area contributed by atoms with Crippen LogP contribution in [-0.2, 0) is 21.3 Å². The lowest BCUT2D eigenvalue weighted by molar-refractivity contribution is 0.161. The van der Waals surface area contributed by atoms with Gasteiger partial charge in [-0.2, -0.15) is 0 Å². The molecule has 0 bridgehead atoms. The summed E-state index contributed by atoms with van der Waals surface area (Å²) in [6, 6.07) is 1.73. The van der Waals surface area contributed by atoms with E-state index in [1.54, 1.807) is 13.2 Å². The van der Waals surface area contributed by atoms with Crippen molar-refractivity contribution in [3.63, 3.8) is 0 Å². The van der Waals surface area contributed by atoms with E-state index in [0.717, 1.165) is 18.5 Å². The molecule has 0 aliphatic heterocycles. The van der Waals surface area contributed by atoms with E-state index in [1.165, 1.54) is 11.3 Å². The summed E-state index contributed by atoms with van der Waals surface area (Å²) in [5.74, 6) is 0.153. The normalized spacial score (nSPS) is 13.6. The Morgan fingerprint density at radius 1 is 1.45 bits per heavy atom. The van der Waals surface area contributed by atoms with Gasteiger partial charge < -0.3 is 10.1 Å². The predicted molar refractivity (Wildman–Crippen MR) is 82.5 cm³/mol. The van der Waals surface area contributed by atoms with Gasteiger partial charge in [0.25, 0.3) is 0 Å². The van der Waals surface area contributed by atoms with E-state index in [1.807, 2.05) is 12.3 Å². The van der Waals surface area contributed by atoms with Crippen molar-refractivity contribution >= 4 is 21.4 Å². The van der Waals surface area contributed by atoms with E-state index in [9.17, 15) is 8.42 Å². The van der Waals surface area contributed by atoms with Gasteiger partial charge in [-0.05, 0) is 35.9 Å². The number of ether oxygens (including phenoxy) is 1. The first kappa shape index (κ1) is 17.6. The third-order valence-electron chi connectivity index (χ3n) is 2.72. The Morgan fingerprint density at radius 2 is 2.20 bits per heavy atom. The second-order valence-corrected chi connectivity index (χ2v) is 7.77. The maximum absolute atomic E-state index is 12.1. The fourth-order valence-electron chi connectivity index (χ4n) is 1.66. The van der Waals surface area contributed by atoms with E-state index in [0.29, 0.717) is 23.9 Å². The van der Waals surface area contributed by atoms with Crippen molar-refractivity contribution in [1.29, 1.82) is 0 Å². The van der Waals surface area contributed by atoms with E-state index in [-0.39, 0.29) is 5.92 Å². The minimum absolute atomic E-state index is 0.153. The van der Waals surface area contributed by atoms with Crippen LogP contribution in [0.5, 0.6) is 0 Å². The molecule has 0 saturated carbocycles. The standard InChI is InChI=1S/C13H24N2O3S2/c1-4-5-14-8-12-6-13(19-10-12)20(16,17)15-7-11(2)9-18-3/h6,10-11,14-15H,4-5,7-9H2,1-3H3. The summed E-state index contributed by atoms with van der Waals surface area (Å²) in [5.41, 5.74) is 1.01. The SMILES string of the molecule is CCCNCc1csc(S(=O)(=O)NCC(C)COC)c1. The number of sulfonamides is 1. The van der Waals surface area contributed by atoms with Crippen LogP contribution < -0.4 is 10.0 Å². The molecule has 0 fully saturated rings.